The topological polar surface area (TPSA) is 86.8 Å². The van der Waals surface area contributed by atoms with Crippen molar-refractivity contribution >= 4 is 11.4 Å². The SMILES string of the molecule is CC(CO)N(C)c1ccc([N+](=O)[O-])c(CO)c1. The molecule has 17 heavy (non-hydrogen) atoms. The molecule has 1 rings (SSSR count). The van der Waals surface area contributed by atoms with Gasteiger partial charge in [0.25, 0.3) is 5.69 Å². The van der Waals surface area contributed by atoms with Crippen LogP contribution >= 0.6 is 0 Å². The number of benzene rings is 1. The van der Waals surface area contributed by atoms with Gasteiger partial charge in [-0.1, -0.05) is 0 Å². The van der Waals surface area contributed by atoms with Crippen molar-refractivity contribution in [2.75, 3.05) is 18.6 Å². The minimum Gasteiger partial charge on any atom is -0.394 e. The number of nitrogens with zero attached hydrogens (tertiary/aromatic N) is 2. The van der Waals surface area contributed by atoms with Crippen LogP contribution in [-0.2, 0) is 6.61 Å². The predicted octanol–water partition coefficient (Wildman–Crippen LogP) is 0.904. The lowest BCUT2D eigenvalue weighted by atomic mass is 10.1. The summed E-state index contributed by atoms with van der Waals surface area (Å²) in [7, 11) is 1.78. The van der Waals surface area contributed by atoms with Gasteiger partial charge in [-0.05, 0) is 19.1 Å². The molecule has 0 heterocycles. The number of nitro groups is 1. The van der Waals surface area contributed by atoms with E-state index in [0.29, 0.717) is 0 Å². The molecule has 1 unspecified atom stereocenters. The van der Waals surface area contributed by atoms with E-state index in [1.807, 2.05) is 6.92 Å². The Morgan fingerprint density at radius 3 is 2.59 bits per heavy atom. The Labute approximate surface area is 99.3 Å². The van der Waals surface area contributed by atoms with E-state index in [0.717, 1.165) is 5.69 Å². The number of likely N-dealkylation sites (N-methyl/N-ethyl adjacent to an activating group) is 1. The molecular weight excluding hydrogens is 224 g/mol. The molecular formula is C11H16N2O4. The van der Waals surface area contributed by atoms with E-state index in [-0.39, 0.29) is 30.5 Å². The van der Waals surface area contributed by atoms with Gasteiger partial charge in [-0.2, -0.15) is 0 Å². The lowest BCUT2D eigenvalue weighted by Crippen LogP contribution is -2.31. The molecule has 0 spiro atoms. The monoisotopic (exact) mass is 240 g/mol. The molecule has 94 valence electrons. The van der Waals surface area contributed by atoms with E-state index in [4.69, 9.17) is 10.2 Å². The number of aliphatic hydroxyl groups is 2. The van der Waals surface area contributed by atoms with Gasteiger partial charge in [0.15, 0.2) is 0 Å². The summed E-state index contributed by atoms with van der Waals surface area (Å²) >= 11 is 0. The zero-order valence-corrected chi connectivity index (χ0v) is 9.83. The third kappa shape index (κ3) is 2.92. The Morgan fingerprint density at radius 1 is 1.47 bits per heavy atom. The lowest BCUT2D eigenvalue weighted by molar-refractivity contribution is -0.385. The van der Waals surface area contributed by atoms with Gasteiger partial charge < -0.3 is 15.1 Å². The van der Waals surface area contributed by atoms with Crippen molar-refractivity contribution in [2.24, 2.45) is 0 Å². The number of rotatable bonds is 5. The molecule has 0 bridgehead atoms. The van der Waals surface area contributed by atoms with Crippen molar-refractivity contribution in [3.63, 3.8) is 0 Å². The van der Waals surface area contributed by atoms with Crippen molar-refractivity contribution in [2.45, 2.75) is 19.6 Å². The van der Waals surface area contributed by atoms with Crippen LogP contribution in [0.2, 0.25) is 0 Å². The molecule has 0 fully saturated rings. The summed E-state index contributed by atoms with van der Waals surface area (Å²) in [6.07, 6.45) is 0. The van der Waals surface area contributed by atoms with E-state index < -0.39 is 4.92 Å². The quantitative estimate of drug-likeness (QED) is 0.590. The number of hydrogen-bond acceptors (Lipinski definition) is 5. The maximum Gasteiger partial charge on any atom is 0.275 e. The summed E-state index contributed by atoms with van der Waals surface area (Å²) in [6.45, 7) is 1.44. The Balaban J connectivity index is 3.09. The molecule has 6 nitrogen and oxygen atoms in total. The van der Waals surface area contributed by atoms with Crippen LogP contribution in [0.5, 0.6) is 0 Å². The van der Waals surface area contributed by atoms with Crippen LogP contribution in [0.25, 0.3) is 0 Å². The third-order valence-electron chi connectivity index (χ3n) is 2.76. The zero-order valence-electron chi connectivity index (χ0n) is 9.83. The second-order valence-electron chi connectivity index (χ2n) is 3.87. The summed E-state index contributed by atoms with van der Waals surface area (Å²) in [4.78, 5) is 12.0. The largest absolute Gasteiger partial charge is 0.394 e. The first-order valence-corrected chi connectivity index (χ1v) is 5.23. The molecule has 0 aromatic heterocycles. The van der Waals surface area contributed by atoms with E-state index in [9.17, 15) is 10.1 Å². The third-order valence-corrected chi connectivity index (χ3v) is 2.76. The average Bonchev–Trinajstić information content (AvgIpc) is 2.35. The molecule has 6 heteroatoms. The van der Waals surface area contributed by atoms with Gasteiger partial charge >= 0.3 is 0 Å². The highest BCUT2D eigenvalue weighted by Crippen LogP contribution is 2.25. The summed E-state index contributed by atoms with van der Waals surface area (Å²) in [5.41, 5.74) is 0.895. The van der Waals surface area contributed by atoms with Crippen LogP contribution in [0.1, 0.15) is 12.5 Å². The van der Waals surface area contributed by atoms with Crippen molar-refractivity contribution in [3.8, 4) is 0 Å². The fraction of sp³-hybridized carbons (Fsp3) is 0.455. The fourth-order valence-electron chi connectivity index (χ4n) is 1.47. The number of aliphatic hydroxyl groups excluding tert-OH is 2. The number of hydrogen-bond donors (Lipinski definition) is 2. The van der Waals surface area contributed by atoms with Crippen LogP contribution in [-0.4, -0.2) is 34.8 Å². The van der Waals surface area contributed by atoms with Gasteiger partial charge in [-0.15, -0.1) is 0 Å². The van der Waals surface area contributed by atoms with Crippen LogP contribution < -0.4 is 4.90 Å². The Hall–Kier alpha value is -1.66. The van der Waals surface area contributed by atoms with Gasteiger partial charge in [0.1, 0.15) is 0 Å². The van der Waals surface area contributed by atoms with Crippen molar-refractivity contribution in [1.29, 1.82) is 0 Å². The van der Waals surface area contributed by atoms with Gasteiger partial charge in [0, 0.05) is 24.8 Å². The Bertz CT molecular complexity index is 408. The van der Waals surface area contributed by atoms with Gasteiger partial charge in [0.2, 0.25) is 0 Å². The smallest absolute Gasteiger partial charge is 0.275 e. The van der Waals surface area contributed by atoms with Crippen molar-refractivity contribution in [1.82, 2.24) is 0 Å². The zero-order chi connectivity index (χ0) is 13.0. The maximum atomic E-state index is 10.7. The van der Waals surface area contributed by atoms with E-state index in [1.54, 1.807) is 24.1 Å². The first-order chi connectivity index (χ1) is 8.01. The van der Waals surface area contributed by atoms with Crippen molar-refractivity contribution < 1.29 is 15.1 Å². The number of nitro benzene ring substituents is 1. The molecule has 1 aromatic carbocycles. The Kier molecular flexibility index (Phi) is 4.42. The maximum absolute atomic E-state index is 10.7. The van der Waals surface area contributed by atoms with Gasteiger partial charge in [-0.25, -0.2) is 0 Å². The molecule has 0 saturated heterocycles. The number of anilines is 1. The minimum absolute atomic E-state index is 0.0120. The summed E-state index contributed by atoms with van der Waals surface area (Å²) < 4.78 is 0. The second-order valence-corrected chi connectivity index (χ2v) is 3.87. The van der Waals surface area contributed by atoms with E-state index in [1.165, 1.54) is 6.07 Å². The average molecular weight is 240 g/mol. The summed E-state index contributed by atoms with van der Waals surface area (Å²) in [5.74, 6) is 0. The molecule has 0 radical (unpaired) electrons. The highest BCUT2D eigenvalue weighted by atomic mass is 16.6. The fourth-order valence-corrected chi connectivity index (χ4v) is 1.47. The summed E-state index contributed by atoms with van der Waals surface area (Å²) in [5, 5.41) is 28.8. The first-order valence-electron chi connectivity index (χ1n) is 5.23. The molecule has 0 aliphatic heterocycles. The molecule has 0 amide bonds. The van der Waals surface area contributed by atoms with Gasteiger partial charge in [0.05, 0.1) is 23.7 Å². The molecule has 0 aliphatic rings. The lowest BCUT2D eigenvalue weighted by Gasteiger charge is -2.25. The highest BCUT2D eigenvalue weighted by molar-refractivity contribution is 5.55. The summed E-state index contributed by atoms with van der Waals surface area (Å²) in [6, 6.07) is 4.43. The van der Waals surface area contributed by atoms with E-state index in [2.05, 4.69) is 0 Å². The Morgan fingerprint density at radius 2 is 2.12 bits per heavy atom. The van der Waals surface area contributed by atoms with E-state index >= 15 is 0 Å². The van der Waals surface area contributed by atoms with Crippen LogP contribution in [0, 0.1) is 10.1 Å². The van der Waals surface area contributed by atoms with Crippen LogP contribution in [0.3, 0.4) is 0 Å². The van der Waals surface area contributed by atoms with Crippen LogP contribution in [0.15, 0.2) is 18.2 Å². The van der Waals surface area contributed by atoms with Gasteiger partial charge in [-0.3, -0.25) is 10.1 Å². The highest BCUT2D eigenvalue weighted by Gasteiger charge is 2.16. The standard InChI is InChI=1S/C11H16N2O4/c1-8(6-14)12(2)10-3-4-11(13(16)17)9(5-10)7-15/h3-5,8,14-15H,6-7H2,1-2H3. The molecule has 2 N–H and O–H groups in total. The normalized spacial score (nSPS) is 12.2. The molecule has 0 saturated carbocycles. The van der Waals surface area contributed by atoms with Crippen LogP contribution in [0.4, 0.5) is 11.4 Å². The molecule has 1 atom stereocenters. The van der Waals surface area contributed by atoms with Crippen molar-refractivity contribution in [3.05, 3.63) is 33.9 Å². The molecule has 1 aromatic rings. The predicted molar refractivity (Wildman–Crippen MR) is 64.0 cm³/mol. The second kappa shape index (κ2) is 5.60. The molecule has 0 aliphatic carbocycles. The first kappa shape index (κ1) is 13.4. The minimum atomic E-state index is -0.523.